The molecular weight excluding hydrogens is 466 g/mol. The Bertz CT molecular complexity index is 1210. The molecule has 0 radical (unpaired) electrons. The van der Waals surface area contributed by atoms with Crippen LogP contribution in [0.15, 0.2) is 71.6 Å². The molecule has 0 saturated heterocycles. The minimum Gasteiger partial charge on any atom is -0.493 e. The molecule has 0 fully saturated rings. The van der Waals surface area contributed by atoms with Crippen molar-refractivity contribution in [3.05, 3.63) is 88.4 Å². The predicted octanol–water partition coefficient (Wildman–Crippen LogP) is 4.53. The van der Waals surface area contributed by atoms with Crippen molar-refractivity contribution in [2.75, 3.05) is 21.3 Å². The average Bonchev–Trinajstić information content (AvgIpc) is 2.83. The van der Waals surface area contributed by atoms with E-state index in [0.717, 1.165) is 5.56 Å². The monoisotopic (exact) mass is 489 g/mol. The van der Waals surface area contributed by atoms with Crippen LogP contribution in [0.25, 0.3) is 0 Å². The van der Waals surface area contributed by atoms with Crippen molar-refractivity contribution in [2.45, 2.75) is 18.0 Å². The third-order valence-electron chi connectivity index (χ3n) is 4.99. The van der Waals surface area contributed by atoms with Crippen LogP contribution in [0.2, 0.25) is 5.02 Å². The molecular formula is C24H24ClNO6S. The highest BCUT2D eigenvalue weighted by atomic mass is 35.5. The molecule has 0 unspecified atom stereocenters. The maximum atomic E-state index is 13.5. The summed E-state index contributed by atoms with van der Waals surface area (Å²) < 4.78 is 43.7. The number of esters is 1. The quantitative estimate of drug-likeness (QED) is 0.410. The fourth-order valence-electron chi connectivity index (χ4n) is 3.23. The number of halogens is 1. The second-order valence-electron chi connectivity index (χ2n) is 7.10. The molecule has 0 aliphatic carbocycles. The standard InChI is InChI=1S/C24H24ClNO6S/c1-30-22-13-6-18(14-23(22)31-2)16-26(33(28,29)21-11-9-20(25)10-12-21)15-17-4-7-19(8-5-17)24(27)32-3/h4-14H,15-16H2,1-3H3. The molecule has 0 aromatic heterocycles. The van der Waals surface area contributed by atoms with E-state index >= 15 is 0 Å². The zero-order valence-corrected chi connectivity index (χ0v) is 20.0. The van der Waals surface area contributed by atoms with Crippen molar-refractivity contribution in [1.29, 1.82) is 0 Å². The first kappa shape index (κ1) is 24.6. The van der Waals surface area contributed by atoms with Crippen molar-refractivity contribution < 1.29 is 27.4 Å². The Labute approximate surface area is 198 Å². The Kier molecular flexibility index (Phi) is 7.97. The van der Waals surface area contributed by atoms with Gasteiger partial charge in [0.1, 0.15) is 0 Å². The molecule has 0 spiro atoms. The van der Waals surface area contributed by atoms with Gasteiger partial charge < -0.3 is 14.2 Å². The second kappa shape index (κ2) is 10.7. The Morgan fingerprint density at radius 1 is 0.818 bits per heavy atom. The van der Waals surface area contributed by atoms with E-state index in [1.165, 1.54) is 49.9 Å². The van der Waals surface area contributed by atoms with Crippen LogP contribution in [0.4, 0.5) is 0 Å². The lowest BCUT2D eigenvalue weighted by Crippen LogP contribution is -2.30. The van der Waals surface area contributed by atoms with Crippen LogP contribution < -0.4 is 9.47 Å². The van der Waals surface area contributed by atoms with Crippen LogP contribution in [-0.2, 0) is 27.8 Å². The molecule has 7 nitrogen and oxygen atoms in total. The fraction of sp³-hybridized carbons (Fsp3) is 0.208. The number of sulfonamides is 1. The number of methoxy groups -OCH3 is 3. The fourth-order valence-corrected chi connectivity index (χ4v) is 4.77. The van der Waals surface area contributed by atoms with E-state index in [1.54, 1.807) is 42.5 Å². The molecule has 0 amide bonds. The summed E-state index contributed by atoms with van der Waals surface area (Å²) in [6, 6.07) is 17.9. The number of nitrogens with zero attached hydrogens (tertiary/aromatic N) is 1. The molecule has 0 aliphatic heterocycles. The average molecular weight is 490 g/mol. The molecule has 0 bridgehead atoms. The number of hydrogen-bond donors (Lipinski definition) is 0. The van der Waals surface area contributed by atoms with E-state index in [2.05, 4.69) is 0 Å². The number of hydrogen-bond acceptors (Lipinski definition) is 6. The molecule has 3 rings (SSSR count). The van der Waals surface area contributed by atoms with Crippen LogP contribution >= 0.6 is 11.6 Å². The van der Waals surface area contributed by atoms with Gasteiger partial charge in [0.15, 0.2) is 11.5 Å². The molecule has 3 aromatic carbocycles. The Morgan fingerprint density at radius 2 is 1.39 bits per heavy atom. The summed E-state index contributed by atoms with van der Waals surface area (Å²) in [6.45, 7) is 0.171. The molecule has 9 heteroatoms. The summed E-state index contributed by atoms with van der Waals surface area (Å²) in [5, 5.41) is 0.443. The largest absolute Gasteiger partial charge is 0.493 e. The zero-order chi connectivity index (χ0) is 24.0. The Balaban J connectivity index is 1.97. The summed E-state index contributed by atoms with van der Waals surface area (Å²) >= 11 is 5.94. The lowest BCUT2D eigenvalue weighted by molar-refractivity contribution is 0.0600. The molecule has 33 heavy (non-hydrogen) atoms. The number of carbonyl (C=O) groups is 1. The van der Waals surface area contributed by atoms with Gasteiger partial charge in [0.25, 0.3) is 0 Å². The lowest BCUT2D eigenvalue weighted by atomic mass is 10.1. The van der Waals surface area contributed by atoms with Crippen molar-refractivity contribution in [3.8, 4) is 11.5 Å². The number of carbonyl (C=O) groups excluding carboxylic acids is 1. The zero-order valence-electron chi connectivity index (χ0n) is 18.4. The summed E-state index contributed by atoms with van der Waals surface area (Å²) in [5.41, 5.74) is 1.81. The van der Waals surface area contributed by atoms with Crippen molar-refractivity contribution >= 4 is 27.6 Å². The summed E-state index contributed by atoms with van der Waals surface area (Å²) in [6.07, 6.45) is 0. The SMILES string of the molecule is COC(=O)c1ccc(CN(Cc2ccc(OC)c(OC)c2)S(=O)(=O)c2ccc(Cl)cc2)cc1. The number of rotatable bonds is 9. The van der Waals surface area contributed by atoms with E-state index in [4.69, 9.17) is 25.8 Å². The van der Waals surface area contributed by atoms with Crippen LogP contribution in [-0.4, -0.2) is 40.0 Å². The van der Waals surface area contributed by atoms with Crippen LogP contribution in [0, 0.1) is 0 Å². The predicted molar refractivity (Wildman–Crippen MR) is 125 cm³/mol. The van der Waals surface area contributed by atoms with Gasteiger partial charge in [-0.1, -0.05) is 29.8 Å². The van der Waals surface area contributed by atoms with Gasteiger partial charge in [0, 0.05) is 18.1 Å². The molecule has 0 aliphatic rings. The molecule has 3 aromatic rings. The van der Waals surface area contributed by atoms with Crippen molar-refractivity contribution in [3.63, 3.8) is 0 Å². The van der Waals surface area contributed by atoms with Gasteiger partial charge in [-0.15, -0.1) is 0 Å². The normalized spacial score (nSPS) is 11.3. The van der Waals surface area contributed by atoms with Crippen LogP contribution in [0.5, 0.6) is 11.5 Å². The Morgan fingerprint density at radius 3 is 1.97 bits per heavy atom. The molecule has 174 valence electrons. The highest BCUT2D eigenvalue weighted by Crippen LogP contribution is 2.30. The van der Waals surface area contributed by atoms with Gasteiger partial charge in [0.05, 0.1) is 31.8 Å². The third kappa shape index (κ3) is 5.84. The molecule has 0 heterocycles. The van der Waals surface area contributed by atoms with Crippen LogP contribution in [0.3, 0.4) is 0 Å². The third-order valence-corrected chi connectivity index (χ3v) is 7.05. The Hall–Kier alpha value is -3.07. The maximum Gasteiger partial charge on any atom is 0.337 e. The molecule has 0 atom stereocenters. The van der Waals surface area contributed by atoms with Gasteiger partial charge in [-0.3, -0.25) is 0 Å². The summed E-state index contributed by atoms with van der Waals surface area (Å²) in [4.78, 5) is 11.8. The smallest absolute Gasteiger partial charge is 0.337 e. The van der Waals surface area contributed by atoms with E-state index in [9.17, 15) is 13.2 Å². The van der Waals surface area contributed by atoms with Gasteiger partial charge in [-0.2, -0.15) is 4.31 Å². The topological polar surface area (TPSA) is 82.1 Å². The van der Waals surface area contributed by atoms with Crippen molar-refractivity contribution in [1.82, 2.24) is 4.31 Å². The lowest BCUT2D eigenvalue weighted by Gasteiger charge is -2.23. The summed E-state index contributed by atoms with van der Waals surface area (Å²) in [7, 11) is 0.491. The van der Waals surface area contributed by atoms with E-state index in [0.29, 0.717) is 27.6 Å². The van der Waals surface area contributed by atoms with Gasteiger partial charge in [0.2, 0.25) is 10.0 Å². The van der Waals surface area contributed by atoms with E-state index in [-0.39, 0.29) is 18.0 Å². The number of benzene rings is 3. The van der Waals surface area contributed by atoms with E-state index < -0.39 is 16.0 Å². The first-order chi connectivity index (χ1) is 15.8. The van der Waals surface area contributed by atoms with Gasteiger partial charge in [-0.25, -0.2) is 13.2 Å². The number of ether oxygens (including phenoxy) is 3. The van der Waals surface area contributed by atoms with Gasteiger partial charge in [-0.05, 0) is 59.7 Å². The summed E-state index contributed by atoms with van der Waals surface area (Å²) in [5.74, 6) is 0.588. The first-order valence-corrected chi connectivity index (χ1v) is 11.7. The van der Waals surface area contributed by atoms with E-state index in [1.807, 2.05) is 0 Å². The second-order valence-corrected chi connectivity index (χ2v) is 9.48. The molecule has 0 N–H and O–H groups in total. The molecule has 0 saturated carbocycles. The van der Waals surface area contributed by atoms with Crippen molar-refractivity contribution in [2.24, 2.45) is 0 Å². The van der Waals surface area contributed by atoms with Crippen LogP contribution in [0.1, 0.15) is 21.5 Å². The highest BCUT2D eigenvalue weighted by molar-refractivity contribution is 7.89. The van der Waals surface area contributed by atoms with Gasteiger partial charge >= 0.3 is 5.97 Å². The first-order valence-electron chi connectivity index (χ1n) is 9.92. The minimum absolute atomic E-state index is 0.0841. The highest BCUT2D eigenvalue weighted by Gasteiger charge is 2.25. The maximum absolute atomic E-state index is 13.5. The minimum atomic E-state index is -3.87.